The molecule has 15 nitrogen and oxygen atoms in total. The number of hydrazone groups is 1. The highest BCUT2D eigenvalue weighted by molar-refractivity contribution is 9.10. The van der Waals surface area contributed by atoms with E-state index < -0.39 is 27.0 Å². The van der Waals surface area contributed by atoms with Crippen LogP contribution in [0.25, 0.3) is 11.3 Å². The van der Waals surface area contributed by atoms with Crippen LogP contribution in [0.5, 0.6) is 5.75 Å². The predicted molar refractivity (Wildman–Crippen MR) is 117 cm³/mol. The molecular weight excluding hydrogens is 506 g/mol. The number of fused-ring (bicyclic) bond motifs is 1. The molecule has 0 saturated carbocycles. The van der Waals surface area contributed by atoms with Crippen molar-refractivity contribution < 1.29 is 19.6 Å². The zero-order valence-corrected chi connectivity index (χ0v) is 17.6. The highest BCUT2D eigenvalue weighted by atomic mass is 79.9. The predicted octanol–water partition coefficient (Wildman–Crippen LogP) is 3.49. The number of nitrogens with one attached hydrogen (secondary N) is 2. The number of hydrogen-bond donors (Lipinski definition) is 3. The van der Waals surface area contributed by atoms with E-state index in [-0.39, 0.29) is 28.5 Å². The smallest absolute Gasteiger partial charge is 0.318 e. The zero-order chi connectivity index (χ0) is 23.5. The summed E-state index contributed by atoms with van der Waals surface area (Å²) in [5.41, 5.74) is 1.73. The van der Waals surface area contributed by atoms with Gasteiger partial charge in [-0.05, 0) is 34.6 Å². The summed E-state index contributed by atoms with van der Waals surface area (Å²) in [7, 11) is 0. The molecule has 4 aromatic rings. The molecule has 0 aliphatic heterocycles. The first-order valence-electron chi connectivity index (χ1n) is 8.79. The quantitative estimate of drug-likeness (QED) is 0.183. The fourth-order valence-electron chi connectivity index (χ4n) is 2.60. The zero-order valence-electron chi connectivity index (χ0n) is 16.0. The van der Waals surface area contributed by atoms with Gasteiger partial charge >= 0.3 is 5.69 Å². The molecule has 0 aliphatic rings. The second kappa shape index (κ2) is 8.79. The van der Waals surface area contributed by atoms with Gasteiger partial charge in [0.15, 0.2) is 11.6 Å². The van der Waals surface area contributed by atoms with E-state index in [4.69, 9.17) is 0 Å². The van der Waals surface area contributed by atoms with Crippen LogP contribution in [0.3, 0.4) is 0 Å². The molecule has 0 radical (unpaired) electrons. The van der Waals surface area contributed by atoms with Gasteiger partial charge in [-0.3, -0.25) is 25.7 Å². The molecule has 2 heterocycles. The summed E-state index contributed by atoms with van der Waals surface area (Å²) < 4.78 is 5.48. The number of benzene rings is 2. The van der Waals surface area contributed by atoms with E-state index in [1.807, 2.05) is 0 Å². The molecule has 0 saturated heterocycles. The van der Waals surface area contributed by atoms with Crippen molar-refractivity contribution in [3.05, 3.63) is 66.7 Å². The van der Waals surface area contributed by atoms with Gasteiger partial charge in [-0.15, -0.1) is 0 Å². The van der Waals surface area contributed by atoms with E-state index in [2.05, 4.69) is 56.7 Å². The molecule has 0 spiro atoms. The molecule has 4 rings (SSSR count). The average Bonchev–Trinajstić information content (AvgIpc) is 3.23. The van der Waals surface area contributed by atoms with E-state index >= 15 is 0 Å². The van der Waals surface area contributed by atoms with Crippen molar-refractivity contribution in [2.75, 3.05) is 10.7 Å². The average molecular weight is 516 g/mol. The molecule has 16 heteroatoms. The van der Waals surface area contributed by atoms with E-state index in [9.17, 15) is 25.3 Å². The van der Waals surface area contributed by atoms with Crippen LogP contribution in [0.4, 0.5) is 28.7 Å². The Kier molecular flexibility index (Phi) is 5.73. The first-order chi connectivity index (χ1) is 15.8. The minimum absolute atomic E-state index is 0.0665. The Balaban J connectivity index is 1.67. The molecular formula is C17H10BrN9O6. The first kappa shape index (κ1) is 21.5. The van der Waals surface area contributed by atoms with Crippen LogP contribution >= 0.6 is 15.9 Å². The van der Waals surface area contributed by atoms with Gasteiger partial charge in [-0.2, -0.15) is 10.1 Å². The summed E-state index contributed by atoms with van der Waals surface area (Å²) in [6.07, 6.45) is 0.964. The lowest BCUT2D eigenvalue weighted by Gasteiger charge is -2.09. The Labute approximate surface area is 190 Å². The second-order valence-electron chi connectivity index (χ2n) is 6.25. The van der Waals surface area contributed by atoms with E-state index in [0.717, 1.165) is 16.8 Å². The number of anilines is 3. The summed E-state index contributed by atoms with van der Waals surface area (Å²) in [6.45, 7) is 0. The summed E-state index contributed by atoms with van der Waals surface area (Å²) in [5.74, 6) is -0.532. The fraction of sp³-hybridized carbons (Fsp3) is 0. The Morgan fingerprint density at radius 1 is 1.03 bits per heavy atom. The van der Waals surface area contributed by atoms with Crippen molar-refractivity contribution in [2.45, 2.75) is 0 Å². The van der Waals surface area contributed by atoms with Crippen molar-refractivity contribution in [1.82, 2.24) is 20.3 Å². The third-order valence-corrected chi connectivity index (χ3v) is 4.64. The van der Waals surface area contributed by atoms with Crippen molar-refractivity contribution in [3.63, 3.8) is 0 Å². The van der Waals surface area contributed by atoms with Gasteiger partial charge in [0.2, 0.25) is 17.0 Å². The first-order valence-corrected chi connectivity index (χ1v) is 9.59. The number of nitrogens with zero attached hydrogens (tertiary/aromatic N) is 7. The maximum absolute atomic E-state index is 11.1. The van der Waals surface area contributed by atoms with Gasteiger partial charge in [0.1, 0.15) is 0 Å². The monoisotopic (exact) mass is 515 g/mol. The van der Waals surface area contributed by atoms with Crippen molar-refractivity contribution in [3.8, 4) is 5.75 Å². The number of rotatable bonds is 7. The molecule has 0 bridgehead atoms. The molecule has 0 atom stereocenters. The molecule has 0 fully saturated rings. The number of non-ortho nitro benzene ring substituents is 1. The van der Waals surface area contributed by atoms with Crippen molar-refractivity contribution >= 4 is 62.1 Å². The minimum Gasteiger partial charge on any atom is -0.502 e. The third-order valence-electron chi connectivity index (χ3n) is 4.11. The van der Waals surface area contributed by atoms with Gasteiger partial charge < -0.3 is 10.4 Å². The normalized spacial score (nSPS) is 11.1. The van der Waals surface area contributed by atoms with Gasteiger partial charge in [-0.25, -0.2) is 9.61 Å². The molecule has 0 unspecified atom stereocenters. The number of nitro benzene ring substituents is 2. The topological polar surface area (TPSA) is 208 Å². The van der Waals surface area contributed by atoms with Crippen LogP contribution < -0.4 is 10.7 Å². The largest absolute Gasteiger partial charge is 0.502 e. The molecule has 166 valence electrons. The lowest BCUT2D eigenvalue weighted by molar-refractivity contribution is -0.394. The lowest BCUT2D eigenvalue weighted by atomic mass is 10.1. The summed E-state index contributed by atoms with van der Waals surface area (Å²) in [4.78, 5) is 28.8. The summed E-state index contributed by atoms with van der Waals surface area (Å²) >= 11 is 3.34. The SMILES string of the molecule is O=[N+]([O-])c1cc(/C=N/Nc2nc3nonc3nc2Nc2ccc(Br)cc2)c(O)c([N+](=O)[O-])c1. The number of nitro groups is 2. The molecule has 2 aromatic heterocycles. The van der Waals surface area contributed by atoms with Crippen molar-refractivity contribution in [2.24, 2.45) is 5.10 Å². The summed E-state index contributed by atoms with van der Waals surface area (Å²) in [5, 5.41) is 46.4. The molecule has 33 heavy (non-hydrogen) atoms. The maximum Gasteiger partial charge on any atom is 0.318 e. The molecule has 0 amide bonds. The van der Waals surface area contributed by atoms with Crippen LogP contribution in [0.2, 0.25) is 0 Å². The van der Waals surface area contributed by atoms with Crippen LogP contribution in [0, 0.1) is 20.2 Å². The molecule has 2 aromatic carbocycles. The van der Waals surface area contributed by atoms with Crippen LogP contribution in [-0.2, 0) is 0 Å². The van der Waals surface area contributed by atoms with Crippen LogP contribution in [-0.4, -0.2) is 41.4 Å². The lowest BCUT2D eigenvalue weighted by Crippen LogP contribution is -2.03. The van der Waals surface area contributed by atoms with Crippen LogP contribution in [0.1, 0.15) is 5.56 Å². The number of aromatic nitrogens is 4. The van der Waals surface area contributed by atoms with E-state index in [0.29, 0.717) is 11.8 Å². The van der Waals surface area contributed by atoms with Gasteiger partial charge in [-0.1, -0.05) is 15.9 Å². The van der Waals surface area contributed by atoms with Gasteiger partial charge in [0.25, 0.3) is 5.69 Å². The summed E-state index contributed by atoms with van der Waals surface area (Å²) in [6, 6.07) is 8.72. The minimum atomic E-state index is -0.940. The fourth-order valence-corrected chi connectivity index (χ4v) is 2.87. The van der Waals surface area contributed by atoms with Crippen LogP contribution in [0.15, 0.2) is 50.6 Å². The molecule has 3 N–H and O–H groups in total. The van der Waals surface area contributed by atoms with Gasteiger partial charge in [0.05, 0.1) is 27.7 Å². The number of phenols is 1. The van der Waals surface area contributed by atoms with Gasteiger partial charge in [0, 0.05) is 16.2 Å². The van der Waals surface area contributed by atoms with Crippen molar-refractivity contribution in [1.29, 1.82) is 0 Å². The Morgan fingerprint density at radius 2 is 1.70 bits per heavy atom. The third kappa shape index (κ3) is 4.64. The highest BCUT2D eigenvalue weighted by Gasteiger charge is 2.23. The Morgan fingerprint density at radius 3 is 2.33 bits per heavy atom. The number of halogens is 1. The maximum atomic E-state index is 11.1. The highest BCUT2D eigenvalue weighted by Crippen LogP contribution is 2.33. The Bertz CT molecular complexity index is 1410. The second-order valence-corrected chi connectivity index (χ2v) is 7.17. The number of phenolic OH excluding ortho intramolecular Hbond substituents is 1. The van der Waals surface area contributed by atoms with E-state index in [1.54, 1.807) is 24.3 Å². The molecule has 0 aliphatic carbocycles. The standard InChI is InChI=1S/C17H10BrN9O6/c18-9-1-3-10(4-2-9)20-14-15(22-17-16(21-14)24-33-25-17)23-19-7-8-5-11(26(29)30)6-12(13(8)28)27(31)32/h1-7,28H,(H,20,21,24)(H,22,23,25)/b19-7+. The Hall–Kier alpha value is -4.73. The van der Waals surface area contributed by atoms with E-state index in [1.165, 1.54) is 0 Å². The number of hydrogen-bond acceptors (Lipinski definition) is 13. The number of aromatic hydroxyl groups is 1.